The van der Waals surface area contributed by atoms with E-state index >= 15 is 0 Å². The molecule has 1 heterocycles. The van der Waals surface area contributed by atoms with Crippen molar-refractivity contribution in [3.05, 3.63) is 23.3 Å². The van der Waals surface area contributed by atoms with Crippen LogP contribution in [0.25, 0.3) is 0 Å². The summed E-state index contributed by atoms with van der Waals surface area (Å²) in [5.74, 6) is 1.72. The van der Waals surface area contributed by atoms with E-state index in [2.05, 4.69) is 12.2 Å². The summed E-state index contributed by atoms with van der Waals surface area (Å²) in [5.41, 5.74) is 2.11. The van der Waals surface area contributed by atoms with Gasteiger partial charge in [-0.2, -0.15) is 0 Å². The first-order chi connectivity index (χ1) is 8.67. The van der Waals surface area contributed by atoms with Crippen LogP contribution in [0, 0.1) is 6.92 Å². The fourth-order valence-electron chi connectivity index (χ4n) is 2.38. The van der Waals surface area contributed by atoms with Crippen LogP contribution in [-0.4, -0.2) is 33.4 Å². The Morgan fingerprint density at radius 3 is 2.56 bits per heavy atom. The number of nitrogens with one attached hydrogen (secondary N) is 1. The maximum Gasteiger partial charge on any atom is 0.125 e. The minimum Gasteiger partial charge on any atom is -0.496 e. The molecule has 100 valence electrons. The van der Waals surface area contributed by atoms with Gasteiger partial charge >= 0.3 is 0 Å². The van der Waals surface area contributed by atoms with Crippen LogP contribution in [0.2, 0.25) is 0 Å². The molecule has 1 aromatic rings. The number of ether oxygens (including phenoxy) is 3. The van der Waals surface area contributed by atoms with Crippen LogP contribution in [0.4, 0.5) is 0 Å². The Morgan fingerprint density at radius 1 is 1.22 bits per heavy atom. The average molecular weight is 251 g/mol. The van der Waals surface area contributed by atoms with Crippen molar-refractivity contribution >= 4 is 0 Å². The second-order valence-corrected chi connectivity index (χ2v) is 4.60. The topological polar surface area (TPSA) is 39.7 Å². The minimum absolute atomic E-state index is 0.00296. The molecule has 1 fully saturated rings. The lowest BCUT2D eigenvalue weighted by molar-refractivity contribution is -0.00162. The summed E-state index contributed by atoms with van der Waals surface area (Å²) >= 11 is 0. The third-order valence-corrected chi connectivity index (χ3v) is 3.37. The molecule has 2 unspecified atom stereocenters. The Labute approximate surface area is 108 Å². The Balaban J connectivity index is 2.40. The number of hydrogen-bond donors (Lipinski definition) is 1. The van der Waals surface area contributed by atoms with E-state index in [-0.39, 0.29) is 12.1 Å². The molecule has 0 radical (unpaired) electrons. The highest BCUT2D eigenvalue weighted by molar-refractivity contribution is 5.47. The fourth-order valence-corrected chi connectivity index (χ4v) is 2.38. The molecule has 0 aromatic heterocycles. The zero-order chi connectivity index (χ0) is 13.1. The van der Waals surface area contributed by atoms with Gasteiger partial charge < -0.3 is 19.5 Å². The van der Waals surface area contributed by atoms with Gasteiger partial charge in [0, 0.05) is 18.2 Å². The molecule has 0 aliphatic carbocycles. The van der Waals surface area contributed by atoms with E-state index in [0.29, 0.717) is 6.61 Å². The third-order valence-electron chi connectivity index (χ3n) is 3.37. The second-order valence-electron chi connectivity index (χ2n) is 4.60. The Bertz CT molecular complexity index is 420. The summed E-state index contributed by atoms with van der Waals surface area (Å²) in [6, 6.07) is 4.28. The summed E-state index contributed by atoms with van der Waals surface area (Å²) in [7, 11) is 3.37. The summed E-state index contributed by atoms with van der Waals surface area (Å²) in [5, 5.41) is 3.41. The standard InChI is InChI=1S/C14H21NO3/c1-9-7-13(17-4)11(8-12(9)16-3)14-10(2)15-5-6-18-14/h7-8,10,14-15H,5-6H2,1-4H3. The smallest absolute Gasteiger partial charge is 0.125 e. The molecular formula is C14H21NO3. The average Bonchev–Trinajstić information content (AvgIpc) is 2.39. The lowest BCUT2D eigenvalue weighted by Gasteiger charge is -2.31. The van der Waals surface area contributed by atoms with E-state index in [1.165, 1.54) is 0 Å². The number of rotatable bonds is 3. The Hall–Kier alpha value is -1.26. The number of methoxy groups -OCH3 is 2. The van der Waals surface area contributed by atoms with E-state index < -0.39 is 0 Å². The quantitative estimate of drug-likeness (QED) is 0.892. The summed E-state index contributed by atoms with van der Waals surface area (Å²) in [6.07, 6.45) is 0.00296. The van der Waals surface area contributed by atoms with Gasteiger partial charge in [0.2, 0.25) is 0 Å². The molecule has 4 nitrogen and oxygen atoms in total. The molecule has 4 heteroatoms. The summed E-state index contributed by atoms with van der Waals surface area (Å²) in [4.78, 5) is 0. The molecule has 0 bridgehead atoms. The molecular weight excluding hydrogens is 230 g/mol. The summed E-state index contributed by atoms with van der Waals surface area (Å²) in [6.45, 7) is 5.74. The molecule has 0 spiro atoms. The first-order valence-corrected chi connectivity index (χ1v) is 6.25. The molecule has 1 saturated heterocycles. The van der Waals surface area contributed by atoms with Crippen LogP contribution in [0.1, 0.15) is 24.2 Å². The number of aryl methyl sites for hydroxylation is 1. The van der Waals surface area contributed by atoms with Crippen LogP contribution in [0.5, 0.6) is 11.5 Å². The Morgan fingerprint density at radius 2 is 1.94 bits per heavy atom. The maximum absolute atomic E-state index is 5.86. The maximum atomic E-state index is 5.86. The molecule has 2 rings (SSSR count). The van der Waals surface area contributed by atoms with Gasteiger partial charge in [0.25, 0.3) is 0 Å². The Kier molecular flexibility index (Phi) is 4.09. The van der Waals surface area contributed by atoms with E-state index in [9.17, 15) is 0 Å². The van der Waals surface area contributed by atoms with Crippen molar-refractivity contribution in [1.82, 2.24) is 5.32 Å². The largest absolute Gasteiger partial charge is 0.496 e. The SMILES string of the molecule is COc1cc(C2OCCNC2C)c(OC)cc1C. The van der Waals surface area contributed by atoms with Gasteiger partial charge in [-0.15, -0.1) is 0 Å². The van der Waals surface area contributed by atoms with Crippen LogP contribution in [-0.2, 0) is 4.74 Å². The molecule has 1 aliphatic heterocycles. The summed E-state index contributed by atoms with van der Waals surface area (Å²) < 4.78 is 16.7. The van der Waals surface area contributed by atoms with E-state index in [0.717, 1.165) is 29.2 Å². The number of morpholine rings is 1. The van der Waals surface area contributed by atoms with Crippen molar-refractivity contribution in [3.8, 4) is 11.5 Å². The zero-order valence-electron chi connectivity index (χ0n) is 11.4. The normalized spacial score (nSPS) is 23.8. The van der Waals surface area contributed by atoms with Gasteiger partial charge in [-0.1, -0.05) is 0 Å². The highest BCUT2D eigenvalue weighted by Crippen LogP contribution is 2.36. The van der Waals surface area contributed by atoms with Gasteiger partial charge in [-0.05, 0) is 31.5 Å². The molecule has 18 heavy (non-hydrogen) atoms. The van der Waals surface area contributed by atoms with E-state index in [1.807, 2.05) is 19.1 Å². The van der Waals surface area contributed by atoms with Gasteiger partial charge in [0.05, 0.1) is 20.8 Å². The zero-order valence-corrected chi connectivity index (χ0v) is 11.4. The fraction of sp³-hybridized carbons (Fsp3) is 0.571. The van der Waals surface area contributed by atoms with Crippen molar-refractivity contribution in [2.24, 2.45) is 0 Å². The second kappa shape index (κ2) is 5.59. The lowest BCUT2D eigenvalue weighted by Crippen LogP contribution is -2.41. The first-order valence-electron chi connectivity index (χ1n) is 6.25. The predicted octanol–water partition coefficient (Wildman–Crippen LogP) is 2.06. The van der Waals surface area contributed by atoms with Crippen LogP contribution in [0.3, 0.4) is 0 Å². The van der Waals surface area contributed by atoms with Gasteiger partial charge in [0.15, 0.2) is 0 Å². The molecule has 2 atom stereocenters. The van der Waals surface area contributed by atoms with Crippen LogP contribution < -0.4 is 14.8 Å². The number of hydrogen-bond acceptors (Lipinski definition) is 4. The van der Waals surface area contributed by atoms with Gasteiger partial charge in [0.1, 0.15) is 17.6 Å². The molecule has 1 aromatic carbocycles. The number of benzene rings is 1. The lowest BCUT2D eigenvalue weighted by atomic mass is 9.99. The highest BCUT2D eigenvalue weighted by Gasteiger charge is 2.27. The monoisotopic (exact) mass is 251 g/mol. The van der Waals surface area contributed by atoms with E-state index in [4.69, 9.17) is 14.2 Å². The molecule has 0 saturated carbocycles. The van der Waals surface area contributed by atoms with Crippen LogP contribution >= 0.6 is 0 Å². The van der Waals surface area contributed by atoms with E-state index in [1.54, 1.807) is 14.2 Å². The molecule has 1 aliphatic rings. The molecule has 1 N–H and O–H groups in total. The van der Waals surface area contributed by atoms with Gasteiger partial charge in [-0.25, -0.2) is 0 Å². The van der Waals surface area contributed by atoms with Crippen molar-refractivity contribution in [2.45, 2.75) is 26.0 Å². The van der Waals surface area contributed by atoms with Crippen molar-refractivity contribution in [1.29, 1.82) is 0 Å². The first kappa shape index (κ1) is 13.2. The van der Waals surface area contributed by atoms with Crippen molar-refractivity contribution < 1.29 is 14.2 Å². The van der Waals surface area contributed by atoms with Gasteiger partial charge in [-0.3, -0.25) is 0 Å². The predicted molar refractivity (Wildman–Crippen MR) is 70.4 cm³/mol. The van der Waals surface area contributed by atoms with Crippen LogP contribution in [0.15, 0.2) is 12.1 Å². The minimum atomic E-state index is 0.00296. The third kappa shape index (κ3) is 2.44. The highest BCUT2D eigenvalue weighted by atomic mass is 16.5. The van der Waals surface area contributed by atoms with Crippen molar-refractivity contribution in [2.75, 3.05) is 27.4 Å². The molecule has 0 amide bonds. The van der Waals surface area contributed by atoms with Crippen molar-refractivity contribution in [3.63, 3.8) is 0 Å².